The van der Waals surface area contributed by atoms with Crippen LogP contribution in [0.25, 0.3) is 0 Å². The first-order chi connectivity index (χ1) is 9.08. The fourth-order valence-electron chi connectivity index (χ4n) is 1.96. The molecule has 0 saturated carbocycles. The van der Waals surface area contributed by atoms with Crippen molar-refractivity contribution in [3.8, 4) is 0 Å². The molecule has 4 heteroatoms. The van der Waals surface area contributed by atoms with E-state index in [9.17, 15) is 0 Å². The molecule has 1 aromatic rings. The first-order valence-corrected chi connectivity index (χ1v) is 7.36. The highest BCUT2D eigenvalue weighted by Gasteiger charge is 2.13. The minimum Gasteiger partial charge on any atom is -0.338 e. The predicted molar refractivity (Wildman–Crippen MR) is 81.3 cm³/mol. The summed E-state index contributed by atoms with van der Waals surface area (Å²) in [4.78, 5) is 11.2. The molecule has 0 radical (unpaired) electrons. The molecule has 19 heavy (non-hydrogen) atoms. The second-order valence-electron chi connectivity index (χ2n) is 5.46. The topological polar surface area (TPSA) is 41.1 Å². The molecule has 0 spiro atoms. The van der Waals surface area contributed by atoms with E-state index in [2.05, 4.69) is 54.8 Å². The molecular weight excluding hydrogens is 236 g/mol. The quantitative estimate of drug-likeness (QED) is 0.784. The van der Waals surface area contributed by atoms with Gasteiger partial charge in [-0.2, -0.15) is 0 Å². The van der Waals surface area contributed by atoms with Crippen LogP contribution in [0.2, 0.25) is 0 Å². The zero-order chi connectivity index (χ0) is 14.3. The van der Waals surface area contributed by atoms with E-state index in [0.717, 1.165) is 37.6 Å². The van der Waals surface area contributed by atoms with Crippen molar-refractivity contribution in [2.75, 3.05) is 18.0 Å². The van der Waals surface area contributed by atoms with Crippen LogP contribution in [0.3, 0.4) is 0 Å². The van der Waals surface area contributed by atoms with Gasteiger partial charge in [-0.15, -0.1) is 0 Å². The average molecular weight is 264 g/mol. The van der Waals surface area contributed by atoms with Crippen LogP contribution in [0, 0.1) is 5.92 Å². The molecule has 1 aromatic heterocycles. The summed E-state index contributed by atoms with van der Waals surface area (Å²) in [6, 6.07) is 0.481. The van der Waals surface area contributed by atoms with Gasteiger partial charge in [0.15, 0.2) is 0 Å². The van der Waals surface area contributed by atoms with Crippen molar-refractivity contribution in [1.82, 2.24) is 15.3 Å². The smallest absolute Gasteiger partial charge is 0.225 e. The van der Waals surface area contributed by atoms with E-state index in [4.69, 9.17) is 0 Å². The normalized spacial score (nSPS) is 12.7. The van der Waals surface area contributed by atoms with Crippen LogP contribution < -0.4 is 10.2 Å². The second kappa shape index (κ2) is 8.10. The molecule has 1 atom stereocenters. The maximum atomic E-state index is 4.49. The van der Waals surface area contributed by atoms with Gasteiger partial charge < -0.3 is 10.2 Å². The first kappa shape index (κ1) is 15.9. The number of hydrogen-bond acceptors (Lipinski definition) is 4. The minimum atomic E-state index is 0.481. The Kier molecular flexibility index (Phi) is 6.78. The zero-order valence-corrected chi connectivity index (χ0v) is 13.0. The van der Waals surface area contributed by atoms with Gasteiger partial charge in [-0.25, -0.2) is 9.97 Å². The number of nitrogens with one attached hydrogen (secondary N) is 1. The summed E-state index contributed by atoms with van der Waals surface area (Å²) in [5, 5.41) is 3.40. The maximum absolute atomic E-state index is 4.49. The number of hydrogen-bond donors (Lipinski definition) is 1. The Bertz CT molecular complexity index is 348. The maximum Gasteiger partial charge on any atom is 0.225 e. The molecule has 1 rings (SSSR count). The lowest BCUT2D eigenvalue weighted by Crippen LogP contribution is -2.33. The fraction of sp³-hybridized carbons (Fsp3) is 0.733. The van der Waals surface area contributed by atoms with Crippen molar-refractivity contribution in [3.05, 3.63) is 18.0 Å². The SMILES string of the molecule is CCC(C)N(CC)c1ncc(CNCC(C)C)cn1. The molecular formula is C15H28N4. The third kappa shape index (κ3) is 5.15. The van der Waals surface area contributed by atoms with Crippen LogP contribution >= 0.6 is 0 Å². The molecule has 1 unspecified atom stereocenters. The molecule has 0 fully saturated rings. The minimum absolute atomic E-state index is 0.481. The van der Waals surface area contributed by atoms with Gasteiger partial charge in [-0.3, -0.25) is 0 Å². The number of nitrogens with zero attached hydrogens (tertiary/aromatic N) is 3. The van der Waals surface area contributed by atoms with Crippen LogP contribution in [0.15, 0.2) is 12.4 Å². The Hall–Kier alpha value is -1.16. The predicted octanol–water partition coefficient (Wildman–Crippen LogP) is 2.85. The first-order valence-electron chi connectivity index (χ1n) is 7.36. The van der Waals surface area contributed by atoms with E-state index < -0.39 is 0 Å². The van der Waals surface area contributed by atoms with Crippen molar-refractivity contribution < 1.29 is 0 Å². The Morgan fingerprint density at radius 1 is 1.16 bits per heavy atom. The highest BCUT2D eigenvalue weighted by atomic mass is 15.3. The molecule has 0 amide bonds. The van der Waals surface area contributed by atoms with E-state index >= 15 is 0 Å². The molecule has 0 aromatic carbocycles. The van der Waals surface area contributed by atoms with Crippen molar-refractivity contribution in [3.63, 3.8) is 0 Å². The van der Waals surface area contributed by atoms with Gasteiger partial charge >= 0.3 is 0 Å². The molecule has 4 nitrogen and oxygen atoms in total. The molecule has 0 aliphatic heterocycles. The highest BCUT2D eigenvalue weighted by Crippen LogP contribution is 2.12. The van der Waals surface area contributed by atoms with Crippen molar-refractivity contribution in [2.45, 2.75) is 53.6 Å². The summed E-state index contributed by atoms with van der Waals surface area (Å²) in [6.07, 6.45) is 4.97. The van der Waals surface area contributed by atoms with Crippen molar-refractivity contribution in [2.24, 2.45) is 5.92 Å². The Labute approximate surface area is 117 Å². The van der Waals surface area contributed by atoms with Gasteiger partial charge in [0.2, 0.25) is 5.95 Å². The van der Waals surface area contributed by atoms with Gasteiger partial charge in [0.05, 0.1) is 0 Å². The lowest BCUT2D eigenvalue weighted by molar-refractivity contribution is 0.550. The number of rotatable bonds is 8. The third-order valence-electron chi connectivity index (χ3n) is 3.29. The van der Waals surface area contributed by atoms with E-state index in [-0.39, 0.29) is 0 Å². The van der Waals surface area contributed by atoms with Crippen LogP contribution in [-0.2, 0) is 6.54 Å². The van der Waals surface area contributed by atoms with Gasteiger partial charge in [-0.1, -0.05) is 20.8 Å². The lowest BCUT2D eigenvalue weighted by atomic mass is 10.2. The third-order valence-corrected chi connectivity index (χ3v) is 3.29. The van der Waals surface area contributed by atoms with E-state index in [1.54, 1.807) is 0 Å². The van der Waals surface area contributed by atoms with Gasteiger partial charge in [0, 0.05) is 37.1 Å². The summed E-state index contributed by atoms with van der Waals surface area (Å²) in [6.45, 7) is 13.8. The molecule has 1 heterocycles. The lowest BCUT2D eigenvalue weighted by Gasteiger charge is -2.27. The van der Waals surface area contributed by atoms with Crippen molar-refractivity contribution in [1.29, 1.82) is 0 Å². The van der Waals surface area contributed by atoms with Gasteiger partial charge in [-0.05, 0) is 32.7 Å². The summed E-state index contributed by atoms with van der Waals surface area (Å²) in [5.74, 6) is 1.51. The van der Waals surface area contributed by atoms with E-state index in [1.165, 1.54) is 0 Å². The van der Waals surface area contributed by atoms with Crippen LogP contribution in [0.1, 0.15) is 46.6 Å². The molecule has 0 aliphatic carbocycles. The zero-order valence-electron chi connectivity index (χ0n) is 13.0. The molecule has 0 aliphatic rings. The van der Waals surface area contributed by atoms with E-state index in [0.29, 0.717) is 12.0 Å². The Morgan fingerprint density at radius 2 is 1.79 bits per heavy atom. The summed E-state index contributed by atoms with van der Waals surface area (Å²) >= 11 is 0. The summed E-state index contributed by atoms with van der Waals surface area (Å²) < 4.78 is 0. The van der Waals surface area contributed by atoms with Crippen LogP contribution in [0.4, 0.5) is 5.95 Å². The second-order valence-corrected chi connectivity index (χ2v) is 5.46. The molecule has 1 N–H and O–H groups in total. The monoisotopic (exact) mass is 264 g/mol. The number of anilines is 1. The van der Waals surface area contributed by atoms with Gasteiger partial charge in [0.1, 0.15) is 0 Å². The van der Waals surface area contributed by atoms with Crippen LogP contribution in [-0.4, -0.2) is 29.1 Å². The highest BCUT2D eigenvalue weighted by molar-refractivity contribution is 5.31. The summed E-state index contributed by atoms with van der Waals surface area (Å²) in [5.41, 5.74) is 1.14. The molecule has 108 valence electrons. The fourth-order valence-corrected chi connectivity index (χ4v) is 1.96. The Balaban J connectivity index is 2.59. The Morgan fingerprint density at radius 3 is 2.26 bits per heavy atom. The molecule has 0 saturated heterocycles. The largest absolute Gasteiger partial charge is 0.338 e. The summed E-state index contributed by atoms with van der Waals surface area (Å²) in [7, 11) is 0. The standard InChI is InChI=1S/C15H28N4/c1-6-13(5)19(7-2)15-17-10-14(11-18-15)9-16-8-12(3)4/h10-13,16H,6-9H2,1-5H3. The van der Waals surface area contributed by atoms with E-state index in [1.807, 2.05) is 12.4 Å². The number of aromatic nitrogens is 2. The van der Waals surface area contributed by atoms with Gasteiger partial charge in [0.25, 0.3) is 0 Å². The van der Waals surface area contributed by atoms with Crippen LogP contribution in [0.5, 0.6) is 0 Å². The van der Waals surface area contributed by atoms with Crippen molar-refractivity contribution >= 4 is 5.95 Å². The molecule has 0 bridgehead atoms. The average Bonchev–Trinajstić information content (AvgIpc) is 2.40.